The molecule has 0 aromatic heterocycles. The molecule has 1 unspecified atom stereocenters. The zero-order valence-electron chi connectivity index (χ0n) is 6.62. The van der Waals surface area contributed by atoms with E-state index in [1.165, 1.54) is 11.3 Å². The van der Waals surface area contributed by atoms with E-state index in [1.54, 1.807) is 0 Å². The lowest BCUT2D eigenvalue weighted by atomic mass is 9.90. The minimum absolute atomic E-state index is 0.546. The van der Waals surface area contributed by atoms with Gasteiger partial charge in [-0.25, -0.2) is 0 Å². The van der Waals surface area contributed by atoms with Crippen molar-refractivity contribution in [2.45, 2.75) is 13.3 Å². The van der Waals surface area contributed by atoms with E-state index >= 15 is 0 Å². The Morgan fingerprint density at radius 3 is 3.27 bits per heavy atom. The lowest BCUT2D eigenvalue weighted by molar-refractivity contribution is 0.816. The fourth-order valence-corrected chi connectivity index (χ4v) is 1.47. The molecule has 1 aliphatic carbocycles. The van der Waals surface area contributed by atoms with Crippen LogP contribution in [0.5, 0.6) is 0 Å². The Bertz CT molecular complexity index is 279. The van der Waals surface area contributed by atoms with Gasteiger partial charge in [0.15, 0.2) is 0 Å². The van der Waals surface area contributed by atoms with Crippen molar-refractivity contribution in [3.05, 3.63) is 36.1 Å². The van der Waals surface area contributed by atoms with Crippen LogP contribution in [-0.2, 0) is 0 Å². The first-order valence-corrected chi connectivity index (χ1v) is 3.94. The van der Waals surface area contributed by atoms with Crippen LogP contribution in [-0.4, -0.2) is 5.71 Å². The normalized spacial score (nSPS) is 27.5. The second kappa shape index (κ2) is 2.50. The number of allylic oxidation sites excluding steroid dienone is 5. The summed E-state index contributed by atoms with van der Waals surface area (Å²) in [6.07, 6.45) is 11.6. The van der Waals surface area contributed by atoms with Crippen LogP contribution < -0.4 is 0 Å². The summed E-state index contributed by atoms with van der Waals surface area (Å²) in [6.45, 7) is 2.13. The molecular formula is C10H11N. The van der Waals surface area contributed by atoms with E-state index in [9.17, 15) is 0 Å². The molecule has 0 fully saturated rings. The van der Waals surface area contributed by atoms with E-state index < -0.39 is 0 Å². The molecule has 0 amide bonds. The molecule has 2 aliphatic rings. The predicted molar refractivity (Wildman–Crippen MR) is 47.6 cm³/mol. The Balaban J connectivity index is 2.33. The Morgan fingerprint density at radius 1 is 1.45 bits per heavy atom. The average Bonchev–Trinajstić information content (AvgIpc) is 2.04. The summed E-state index contributed by atoms with van der Waals surface area (Å²) >= 11 is 0. The van der Waals surface area contributed by atoms with Gasteiger partial charge in [-0.15, -0.1) is 0 Å². The topological polar surface area (TPSA) is 12.4 Å². The van der Waals surface area contributed by atoms with E-state index in [1.807, 2.05) is 12.3 Å². The Morgan fingerprint density at radius 2 is 2.36 bits per heavy atom. The second-order valence-electron chi connectivity index (χ2n) is 3.08. The smallest absolute Gasteiger partial charge is 0.0475 e. The number of hydrogen-bond donors (Lipinski definition) is 0. The summed E-state index contributed by atoms with van der Waals surface area (Å²) in [6, 6.07) is 0. The summed E-state index contributed by atoms with van der Waals surface area (Å²) in [5, 5.41) is 0. The molecule has 1 atom stereocenters. The third-order valence-corrected chi connectivity index (χ3v) is 2.08. The van der Waals surface area contributed by atoms with E-state index in [4.69, 9.17) is 0 Å². The molecule has 1 heterocycles. The summed E-state index contributed by atoms with van der Waals surface area (Å²) in [7, 11) is 0. The van der Waals surface area contributed by atoms with Crippen molar-refractivity contribution in [1.29, 1.82) is 0 Å². The first-order chi connectivity index (χ1) is 5.36. The minimum atomic E-state index is 0.546. The highest BCUT2D eigenvalue weighted by molar-refractivity contribution is 6.00. The number of aliphatic imine (C=N–C) groups is 1. The van der Waals surface area contributed by atoms with Crippen molar-refractivity contribution in [2.75, 3.05) is 0 Å². The molecule has 0 saturated heterocycles. The van der Waals surface area contributed by atoms with Gasteiger partial charge in [0.25, 0.3) is 0 Å². The van der Waals surface area contributed by atoms with Gasteiger partial charge >= 0.3 is 0 Å². The Labute approximate surface area is 66.8 Å². The van der Waals surface area contributed by atoms with Gasteiger partial charge in [0.05, 0.1) is 0 Å². The maximum absolute atomic E-state index is 4.35. The van der Waals surface area contributed by atoms with Crippen LogP contribution in [0.4, 0.5) is 0 Å². The molecule has 0 radical (unpaired) electrons. The van der Waals surface area contributed by atoms with Gasteiger partial charge in [0.2, 0.25) is 0 Å². The van der Waals surface area contributed by atoms with Gasteiger partial charge in [-0.3, -0.25) is 4.99 Å². The van der Waals surface area contributed by atoms with Crippen molar-refractivity contribution in [2.24, 2.45) is 10.9 Å². The third kappa shape index (κ3) is 1.18. The van der Waals surface area contributed by atoms with E-state index in [-0.39, 0.29) is 0 Å². The fraction of sp³-hybridized carbons (Fsp3) is 0.300. The Hall–Kier alpha value is -1.11. The van der Waals surface area contributed by atoms with Gasteiger partial charge in [-0.2, -0.15) is 0 Å². The molecule has 1 heteroatoms. The Kier molecular flexibility index (Phi) is 1.50. The molecule has 2 rings (SSSR count). The molecule has 0 saturated carbocycles. The number of fused-ring (bicyclic) bond motifs is 1. The maximum Gasteiger partial charge on any atom is 0.0475 e. The van der Waals surface area contributed by atoms with Crippen LogP contribution in [0.25, 0.3) is 0 Å². The number of rotatable bonds is 0. The lowest BCUT2D eigenvalue weighted by Gasteiger charge is -2.18. The predicted octanol–water partition coefficient (Wildman–Crippen LogP) is 2.48. The largest absolute Gasteiger partial charge is 0.261 e. The van der Waals surface area contributed by atoms with E-state index in [2.05, 4.69) is 30.1 Å². The SMILES string of the molecule is CC1=CN=C2C=CC=CC2C1. The van der Waals surface area contributed by atoms with Crippen LogP contribution in [0.2, 0.25) is 0 Å². The summed E-state index contributed by atoms with van der Waals surface area (Å²) in [5.41, 5.74) is 2.58. The first-order valence-electron chi connectivity index (χ1n) is 3.94. The van der Waals surface area contributed by atoms with Crippen molar-refractivity contribution in [1.82, 2.24) is 0 Å². The van der Waals surface area contributed by atoms with Crippen LogP contribution in [0.15, 0.2) is 41.1 Å². The lowest BCUT2D eigenvalue weighted by Crippen LogP contribution is -2.14. The molecule has 0 spiro atoms. The highest BCUT2D eigenvalue weighted by atomic mass is 14.7. The van der Waals surface area contributed by atoms with Gasteiger partial charge < -0.3 is 0 Å². The first kappa shape index (κ1) is 6.59. The molecule has 1 aliphatic heterocycles. The second-order valence-corrected chi connectivity index (χ2v) is 3.08. The molecular weight excluding hydrogens is 134 g/mol. The monoisotopic (exact) mass is 145 g/mol. The van der Waals surface area contributed by atoms with Gasteiger partial charge in [0.1, 0.15) is 0 Å². The summed E-state index contributed by atoms with van der Waals surface area (Å²) < 4.78 is 0. The van der Waals surface area contributed by atoms with Gasteiger partial charge in [0, 0.05) is 17.8 Å². The average molecular weight is 145 g/mol. The van der Waals surface area contributed by atoms with Gasteiger partial charge in [-0.05, 0) is 19.4 Å². The highest BCUT2D eigenvalue weighted by Gasteiger charge is 2.15. The molecule has 0 bridgehead atoms. The quantitative estimate of drug-likeness (QED) is 0.496. The highest BCUT2D eigenvalue weighted by Crippen LogP contribution is 2.22. The molecule has 0 aromatic carbocycles. The molecule has 56 valence electrons. The van der Waals surface area contributed by atoms with Crippen LogP contribution in [0.3, 0.4) is 0 Å². The zero-order chi connectivity index (χ0) is 7.68. The van der Waals surface area contributed by atoms with Crippen molar-refractivity contribution < 1.29 is 0 Å². The third-order valence-electron chi connectivity index (χ3n) is 2.08. The molecule has 0 aromatic rings. The minimum Gasteiger partial charge on any atom is -0.261 e. The van der Waals surface area contributed by atoms with Crippen molar-refractivity contribution in [3.63, 3.8) is 0 Å². The van der Waals surface area contributed by atoms with Crippen LogP contribution in [0, 0.1) is 5.92 Å². The number of hydrogen-bond acceptors (Lipinski definition) is 1. The van der Waals surface area contributed by atoms with Gasteiger partial charge in [-0.1, -0.05) is 23.8 Å². The molecule has 11 heavy (non-hydrogen) atoms. The maximum atomic E-state index is 4.35. The summed E-state index contributed by atoms with van der Waals surface area (Å²) in [4.78, 5) is 4.35. The summed E-state index contributed by atoms with van der Waals surface area (Å²) in [5.74, 6) is 0.546. The van der Waals surface area contributed by atoms with Crippen molar-refractivity contribution >= 4 is 5.71 Å². The van der Waals surface area contributed by atoms with E-state index in [0.29, 0.717) is 5.92 Å². The molecule has 0 N–H and O–H groups in total. The molecule has 1 nitrogen and oxygen atoms in total. The standard InChI is InChI=1S/C10H11N/c1-8-6-9-4-2-3-5-10(9)11-7-8/h2-5,7,9H,6H2,1H3. The zero-order valence-corrected chi connectivity index (χ0v) is 6.62. The van der Waals surface area contributed by atoms with Crippen LogP contribution >= 0.6 is 0 Å². The van der Waals surface area contributed by atoms with E-state index in [0.717, 1.165) is 6.42 Å². The van der Waals surface area contributed by atoms with Crippen LogP contribution in [0.1, 0.15) is 13.3 Å². The fourth-order valence-electron chi connectivity index (χ4n) is 1.47. The number of nitrogens with zero attached hydrogens (tertiary/aromatic N) is 1. The van der Waals surface area contributed by atoms with Crippen molar-refractivity contribution in [3.8, 4) is 0 Å².